The number of thiophene rings is 1. The van der Waals surface area contributed by atoms with Crippen molar-refractivity contribution >= 4 is 37.1 Å². The first-order valence-electron chi connectivity index (χ1n) is 8.04. The monoisotopic (exact) mass is 475 g/mol. The molecule has 0 bridgehead atoms. The van der Waals surface area contributed by atoms with Gasteiger partial charge in [-0.25, -0.2) is 21.6 Å². The van der Waals surface area contributed by atoms with Crippen molar-refractivity contribution in [3.8, 4) is 0 Å². The summed E-state index contributed by atoms with van der Waals surface area (Å²) in [4.78, 5) is 11.8. The van der Waals surface area contributed by atoms with E-state index in [-0.39, 0.29) is 15.4 Å². The molecule has 0 fully saturated rings. The van der Waals surface area contributed by atoms with Crippen LogP contribution in [0.3, 0.4) is 0 Å². The third-order valence-corrected chi connectivity index (χ3v) is 8.55. The molecule has 158 valence electrons. The first-order valence-corrected chi connectivity index (χ1v) is 11.9. The summed E-state index contributed by atoms with van der Waals surface area (Å²) in [5, 5.41) is 1.12. The standard InChI is InChI=1S/C18H12F3NO5S3/c19-18(20,21)13-8-6-12(7-9-13)17(23)22-30(26,27)16-10-15(11-28-16)29(24,25)14-4-2-1-3-5-14/h1-11H,(H,22,23). The van der Waals surface area contributed by atoms with E-state index in [1.807, 2.05) is 0 Å². The lowest BCUT2D eigenvalue weighted by molar-refractivity contribution is -0.137. The Morgan fingerprint density at radius 3 is 2.03 bits per heavy atom. The molecule has 0 aliphatic carbocycles. The summed E-state index contributed by atoms with van der Waals surface area (Å²) in [5.41, 5.74) is -1.30. The molecule has 0 aliphatic rings. The fraction of sp³-hybridized carbons (Fsp3) is 0.0556. The minimum absolute atomic E-state index is 0.0273. The second kappa shape index (κ2) is 7.85. The predicted molar refractivity (Wildman–Crippen MR) is 102 cm³/mol. The molecule has 6 nitrogen and oxygen atoms in total. The van der Waals surface area contributed by atoms with E-state index in [1.165, 1.54) is 24.3 Å². The Morgan fingerprint density at radius 2 is 1.47 bits per heavy atom. The van der Waals surface area contributed by atoms with Crippen LogP contribution >= 0.6 is 11.3 Å². The fourth-order valence-electron chi connectivity index (χ4n) is 2.36. The van der Waals surface area contributed by atoms with Gasteiger partial charge >= 0.3 is 6.18 Å². The van der Waals surface area contributed by atoms with Crippen molar-refractivity contribution < 1.29 is 34.8 Å². The Bertz CT molecular complexity index is 1280. The molecular formula is C18H12F3NO5S3. The second-order valence-corrected chi connectivity index (χ2v) is 10.7. The Balaban J connectivity index is 1.82. The number of carbonyl (C=O) groups excluding carboxylic acids is 1. The van der Waals surface area contributed by atoms with Gasteiger partial charge in [0.1, 0.15) is 4.21 Å². The van der Waals surface area contributed by atoms with Crippen molar-refractivity contribution in [1.29, 1.82) is 0 Å². The maximum absolute atomic E-state index is 12.6. The van der Waals surface area contributed by atoms with Gasteiger partial charge in [0.05, 0.1) is 15.4 Å². The highest BCUT2D eigenvalue weighted by Gasteiger charge is 2.31. The third-order valence-electron chi connectivity index (χ3n) is 3.88. The predicted octanol–water partition coefficient (Wildman–Crippen LogP) is 3.72. The maximum atomic E-state index is 12.6. The van der Waals surface area contributed by atoms with Crippen LogP contribution in [0.4, 0.5) is 13.2 Å². The number of amides is 1. The highest BCUT2D eigenvalue weighted by atomic mass is 32.2. The van der Waals surface area contributed by atoms with Crippen molar-refractivity contribution in [1.82, 2.24) is 4.72 Å². The summed E-state index contributed by atoms with van der Waals surface area (Å²) in [6, 6.07) is 11.3. The molecule has 1 N–H and O–H groups in total. The van der Waals surface area contributed by atoms with Gasteiger partial charge in [-0.2, -0.15) is 13.2 Å². The molecule has 30 heavy (non-hydrogen) atoms. The van der Waals surface area contributed by atoms with Crippen LogP contribution in [-0.2, 0) is 26.0 Å². The lowest BCUT2D eigenvalue weighted by atomic mass is 10.1. The van der Waals surface area contributed by atoms with Crippen LogP contribution in [0.5, 0.6) is 0 Å². The first kappa shape index (κ1) is 22.0. The lowest BCUT2D eigenvalue weighted by Crippen LogP contribution is -2.30. The summed E-state index contributed by atoms with van der Waals surface area (Å²) in [7, 11) is -8.39. The molecular weight excluding hydrogens is 463 g/mol. The van der Waals surface area contributed by atoms with Gasteiger partial charge in [-0.1, -0.05) is 18.2 Å². The van der Waals surface area contributed by atoms with E-state index in [0.29, 0.717) is 23.5 Å². The van der Waals surface area contributed by atoms with Gasteiger partial charge in [-0.3, -0.25) is 4.79 Å². The van der Waals surface area contributed by atoms with Crippen molar-refractivity contribution in [2.24, 2.45) is 0 Å². The van der Waals surface area contributed by atoms with E-state index < -0.39 is 41.7 Å². The molecule has 12 heteroatoms. The summed E-state index contributed by atoms with van der Waals surface area (Å²) < 4.78 is 89.0. The minimum Gasteiger partial charge on any atom is -0.268 e. The summed E-state index contributed by atoms with van der Waals surface area (Å²) >= 11 is 0.590. The Morgan fingerprint density at radius 1 is 0.867 bits per heavy atom. The number of sulfonamides is 1. The number of alkyl halides is 3. The zero-order valence-corrected chi connectivity index (χ0v) is 17.2. The summed E-state index contributed by atoms with van der Waals surface area (Å²) in [6.07, 6.45) is -4.60. The van der Waals surface area contributed by atoms with E-state index in [1.54, 1.807) is 10.8 Å². The van der Waals surface area contributed by atoms with Crippen LogP contribution in [0, 0.1) is 0 Å². The number of nitrogens with one attached hydrogen (secondary N) is 1. The van der Waals surface area contributed by atoms with Crippen molar-refractivity contribution in [2.75, 3.05) is 0 Å². The SMILES string of the molecule is O=C(NS(=O)(=O)c1cc(S(=O)(=O)c2ccccc2)cs1)c1ccc(C(F)(F)F)cc1. The Labute approximate surface area is 174 Å². The van der Waals surface area contributed by atoms with Crippen LogP contribution in [0.15, 0.2) is 80.0 Å². The van der Waals surface area contributed by atoms with E-state index >= 15 is 0 Å². The molecule has 1 heterocycles. The number of hydrogen-bond donors (Lipinski definition) is 1. The van der Waals surface area contributed by atoms with Gasteiger partial charge in [0.25, 0.3) is 15.9 Å². The van der Waals surface area contributed by atoms with Gasteiger partial charge in [0, 0.05) is 10.9 Å². The third kappa shape index (κ3) is 4.55. The molecule has 0 atom stereocenters. The number of benzene rings is 2. The molecule has 0 saturated heterocycles. The van der Waals surface area contributed by atoms with E-state index in [4.69, 9.17) is 0 Å². The highest BCUT2D eigenvalue weighted by molar-refractivity contribution is 7.93. The second-order valence-electron chi connectivity index (χ2n) is 5.93. The molecule has 0 saturated carbocycles. The van der Waals surface area contributed by atoms with Crippen LogP contribution in [-0.4, -0.2) is 22.7 Å². The lowest BCUT2D eigenvalue weighted by Gasteiger charge is -2.08. The zero-order chi connectivity index (χ0) is 22.2. The average Bonchev–Trinajstić information content (AvgIpc) is 3.20. The van der Waals surface area contributed by atoms with Crippen LogP contribution in [0.2, 0.25) is 0 Å². The largest absolute Gasteiger partial charge is 0.416 e. The van der Waals surface area contributed by atoms with E-state index in [0.717, 1.165) is 23.6 Å². The van der Waals surface area contributed by atoms with Gasteiger partial charge < -0.3 is 0 Å². The van der Waals surface area contributed by atoms with Crippen LogP contribution in [0.25, 0.3) is 0 Å². The normalized spacial score (nSPS) is 12.5. The number of rotatable bonds is 5. The number of hydrogen-bond acceptors (Lipinski definition) is 6. The molecule has 0 radical (unpaired) electrons. The quantitative estimate of drug-likeness (QED) is 0.607. The first-order chi connectivity index (χ1) is 13.9. The summed E-state index contributed by atoms with van der Waals surface area (Å²) in [6.45, 7) is 0. The van der Waals surface area contributed by atoms with Crippen molar-refractivity contribution in [3.63, 3.8) is 0 Å². The van der Waals surface area contributed by atoms with Crippen molar-refractivity contribution in [2.45, 2.75) is 20.2 Å². The van der Waals surface area contributed by atoms with Gasteiger partial charge in [0.15, 0.2) is 0 Å². The molecule has 1 amide bonds. The summed E-state index contributed by atoms with van der Waals surface area (Å²) in [5.74, 6) is -1.15. The van der Waals surface area contributed by atoms with Crippen molar-refractivity contribution in [3.05, 3.63) is 77.2 Å². The van der Waals surface area contributed by atoms with Crippen LogP contribution < -0.4 is 4.72 Å². The van der Waals surface area contributed by atoms with E-state index in [2.05, 4.69) is 0 Å². The smallest absolute Gasteiger partial charge is 0.268 e. The highest BCUT2D eigenvalue weighted by Crippen LogP contribution is 2.30. The number of halogens is 3. The molecule has 2 aromatic carbocycles. The number of sulfone groups is 1. The molecule has 1 aromatic heterocycles. The minimum atomic E-state index is -4.60. The average molecular weight is 475 g/mol. The fourth-order valence-corrected chi connectivity index (χ4v) is 6.24. The maximum Gasteiger partial charge on any atom is 0.416 e. The van der Waals surface area contributed by atoms with Gasteiger partial charge in [-0.05, 0) is 42.5 Å². The molecule has 0 spiro atoms. The van der Waals surface area contributed by atoms with Crippen LogP contribution in [0.1, 0.15) is 15.9 Å². The zero-order valence-electron chi connectivity index (χ0n) is 14.8. The topological polar surface area (TPSA) is 97.4 Å². The Hall–Kier alpha value is -2.70. The molecule has 3 aromatic rings. The molecule has 0 unspecified atom stereocenters. The number of carbonyl (C=O) groups is 1. The Kier molecular flexibility index (Phi) is 5.76. The molecule has 0 aliphatic heterocycles. The molecule has 3 rings (SSSR count). The van der Waals surface area contributed by atoms with Gasteiger partial charge in [0.2, 0.25) is 9.84 Å². The van der Waals surface area contributed by atoms with Gasteiger partial charge in [-0.15, -0.1) is 11.3 Å². The van der Waals surface area contributed by atoms with E-state index in [9.17, 15) is 34.8 Å².